The van der Waals surface area contributed by atoms with Crippen LogP contribution in [0.2, 0.25) is 5.02 Å². The van der Waals surface area contributed by atoms with Gasteiger partial charge in [-0.2, -0.15) is 17.4 Å². The van der Waals surface area contributed by atoms with Crippen LogP contribution in [0.4, 0.5) is 28.0 Å². The minimum absolute atomic E-state index is 0.105. The van der Waals surface area contributed by atoms with E-state index in [2.05, 4.69) is 10.0 Å². The molecule has 34 heavy (non-hydrogen) atoms. The zero-order valence-corrected chi connectivity index (χ0v) is 19.9. The molecular formula is C21H23ClF4N4O3S. The Kier molecular flexibility index (Phi) is 8.06. The Hall–Kier alpha value is -2.41. The molecular weight excluding hydrogens is 500 g/mol. The van der Waals surface area contributed by atoms with Crippen LogP contribution in [0.1, 0.15) is 19.3 Å². The van der Waals surface area contributed by atoms with Crippen molar-refractivity contribution in [2.45, 2.75) is 25.3 Å². The summed E-state index contributed by atoms with van der Waals surface area (Å²) in [6.07, 6.45) is 1.15. The van der Waals surface area contributed by atoms with Gasteiger partial charge in [-0.3, -0.25) is 0 Å². The molecule has 0 spiro atoms. The lowest BCUT2D eigenvalue weighted by Crippen LogP contribution is -2.43. The van der Waals surface area contributed by atoms with E-state index in [1.807, 2.05) is 0 Å². The number of urea groups is 1. The van der Waals surface area contributed by atoms with Gasteiger partial charge in [-0.15, -0.1) is 0 Å². The van der Waals surface area contributed by atoms with E-state index in [4.69, 9.17) is 11.6 Å². The summed E-state index contributed by atoms with van der Waals surface area (Å²) in [5.41, 5.74) is -2.48. The second kappa shape index (κ2) is 10.5. The van der Waals surface area contributed by atoms with E-state index >= 15 is 0 Å². The molecule has 0 unspecified atom stereocenters. The standard InChI is InChI=1S/C21H23ClF4N4O3S/c1-29(2)34(32,33)28-12-5-4-9-30(10-8-12)21(31)27-20-16(25)11-13(22)19(26)18(20)17-14(23)6-3-7-15(17)24/h3,6-7,11-12,28H,4-5,8-10H2,1-2H3,(H,27,31)/t12-/m0/s1. The Morgan fingerprint density at radius 2 is 1.71 bits per heavy atom. The lowest BCUT2D eigenvalue weighted by molar-refractivity contribution is 0.213. The van der Waals surface area contributed by atoms with Crippen LogP contribution in [0.5, 0.6) is 0 Å². The van der Waals surface area contributed by atoms with Crippen LogP contribution in [0.15, 0.2) is 24.3 Å². The molecule has 0 bridgehead atoms. The number of likely N-dealkylation sites (tertiary alicyclic amines) is 1. The molecule has 2 amide bonds. The number of anilines is 1. The first-order chi connectivity index (χ1) is 15.9. The fraction of sp³-hybridized carbons (Fsp3) is 0.381. The molecule has 0 aliphatic carbocycles. The minimum Gasteiger partial charge on any atom is -0.324 e. The first kappa shape index (κ1) is 26.2. The van der Waals surface area contributed by atoms with Crippen LogP contribution >= 0.6 is 11.6 Å². The SMILES string of the molecule is CN(C)S(=O)(=O)N[C@H]1CCCN(C(=O)Nc2c(F)cc(Cl)c(F)c2-c2c(F)cccc2F)CC1. The topological polar surface area (TPSA) is 81.8 Å². The van der Waals surface area contributed by atoms with Gasteiger partial charge in [0.1, 0.15) is 17.5 Å². The largest absolute Gasteiger partial charge is 0.324 e. The Bertz CT molecular complexity index is 1180. The molecule has 7 nitrogen and oxygen atoms in total. The fourth-order valence-corrected chi connectivity index (χ4v) is 4.67. The number of carbonyl (C=O) groups is 1. The summed E-state index contributed by atoms with van der Waals surface area (Å²) < 4.78 is 86.1. The Morgan fingerprint density at radius 3 is 2.32 bits per heavy atom. The maximum atomic E-state index is 14.9. The van der Waals surface area contributed by atoms with Crippen molar-refractivity contribution in [3.8, 4) is 11.1 Å². The van der Waals surface area contributed by atoms with Crippen LogP contribution in [0.25, 0.3) is 11.1 Å². The van der Waals surface area contributed by atoms with Gasteiger partial charge >= 0.3 is 6.03 Å². The Labute approximate surface area is 199 Å². The van der Waals surface area contributed by atoms with Gasteiger partial charge in [-0.25, -0.2) is 22.4 Å². The molecule has 0 aromatic heterocycles. The fourth-order valence-electron chi connectivity index (χ4n) is 3.61. The predicted molar refractivity (Wildman–Crippen MR) is 121 cm³/mol. The summed E-state index contributed by atoms with van der Waals surface area (Å²) in [6, 6.07) is 2.12. The highest BCUT2D eigenvalue weighted by atomic mass is 35.5. The van der Waals surface area contributed by atoms with Crippen LogP contribution < -0.4 is 10.0 Å². The molecule has 0 radical (unpaired) electrons. The van der Waals surface area contributed by atoms with Gasteiger partial charge in [0.05, 0.1) is 21.8 Å². The van der Waals surface area contributed by atoms with Crippen molar-refractivity contribution >= 4 is 33.5 Å². The zero-order chi connectivity index (χ0) is 25.2. The van der Waals surface area contributed by atoms with Gasteiger partial charge in [-0.1, -0.05) is 17.7 Å². The van der Waals surface area contributed by atoms with Gasteiger partial charge in [0.2, 0.25) is 0 Å². The van der Waals surface area contributed by atoms with Gasteiger partial charge in [0.25, 0.3) is 10.2 Å². The quantitative estimate of drug-likeness (QED) is 0.452. The summed E-state index contributed by atoms with van der Waals surface area (Å²) in [4.78, 5) is 14.2. The summed E-state index contributed by atoms with van der Waals surface area (Å²) in [5.74, 6) is -4.80. The van der Waals surface area contributed by atoms with Crippen LogP contribution in [-0.4, -0.2) is 56.9 Å². The smallest absolute Gasteiger partial charge is 0.321 e. The molecule has 13 heteroatoms. The molecule has 1 aliphatic rings. The molecule has 0 saturated carbocycles. The number of carbonyl (C=O) groups excluding carboxylic acids is 1. The van der Waals surface area contributed by atoms with Crippen molar-refractivity contribution in [1.82, 2.24) is 13.9 Å². The van der Waals surface area contributed by atoms with Crippen molar-refractivity contribution in [2.75, 3.05) is 32.5 Å². The average Bonchev–Trinajstić information content (AvgIpc) is 2.98. The molecule has 1 saturated heterocycles. The highest BCUT2D eigenvalue weighted by Gasteiger charge is 2.29. The van der Waals surface area contributed by atoms with Gasteiger partial charge < -0.3 is 10.2 Å². The van der Waals surface area contributed by atoms with Crippen LogP contribution in [0.3, 0.4) is 0 Å². The zero-order valence-electron chi connectivity index (χ0n) is 18.3. The second-order valence-corrected chi connectivity index (χ2v) is 10.3. The third-order valence-electron chi connectivity index (χ3n) is 5.43. The number of nitrogens with zero attached hydrogens (tertiary/aromatic N) is 2. The third-order valence-corrected chi connectivity index (χ3v) is 7.30. The third kappa shape index (κ3) is 5.62. The van der Waals surface area contributed by atoms with Crippen molar-refractivity contribution in [2.24, 2.45) is 0 Å². The van der Waals surface area contributed by atoms with E-state index in [9.17, 15) is 30.8 Å². The van der Waals surface area contributed by atoms with Gasteiger partial charge in [-0.05, 0) is 37.5 Å². The number of amides is 2. The first-order valence-corrected chi connectivity index (χ1v) is 12.1. The average molecular weight is 523 g/mol. The number of nitrogens with one attached hydrogen (secondary N) is 2. The van der Waals surface area contributed by atoms with E-state index in [1.54, 1.807) is 0 Å². The molecule has 1 aliphatic heterocycles. The highest BCUT2D eigenvalue weighted by molar-refractivity contribution is 7.87. The Balaban J connectivity index is 1.86. The number of benzene rings is 2. The monoisotopic (exact) mass is 522 g/mol. The minimum atomic E-state index is -3.67. The number of hydrogen-bond donors (Lipinski definition) is 2. The maximum absolute atomic E-state index is 14.9. The summed E-state index contributed by atoms with van der Waals surface area (Å²) in [5, 5.41) is 1.50. The molecule has 2 aromatic carbocycles. The lowest BCUT2D eigenvalue weighted by atomic mass is 10.0. The summed E-state index contributed by atoms with van der Waals surface area (Å²) >= 11 is 5.70. The van der Waals surface area contributed by atoms with E-state index in [-0.39, 0.29) is 19.5 Å². The molecule has 1 fully saturated rings. The Morgan fingerprint density at radius 1 is 1.06 bits per heavy atom. The van der Waals surface area contributed by atoms with Crippen molar-refractivity contribution < 1.29 is 30.8 Å². The normalized spacial score (nSPS) is 17.1. The predicted octanol–water partition coefficient (Wildman–Crippen LogP) is 4.35. The van der Waals surface area contributed by atoms with Crippen molar-refractivity contribution in [3.63, 3.8) is 0 Å². The maximum Gasteiger partial charge on any atom is 0.321 e. The molecule has 1 heterocycles. The lowest BCUT2D eigenvalue weighted by Gasteiger charge is -2.23. The van der Waals surface area contributed by atoms with Crippen LogP contribution in [-0.2, 0) is 10.2 Å². The molecule has 2 aromatic rings. The summed E-state index contributed by atoms with van der Waals surface area (Å²) in [7, 11) is -0.903. The van der Waals surface area contributed by atoms with E-state index in [0.29, 0.717) is 18.9 Å². The van der Waals surface area contributed by atoms with E-state index < -0.39 is 67.4 Å². The molecule has 186 valence electrons. The van der Waals surface area contributed by atoms with E-state index in [0.717, 1.165) is 22.5 Å². The van der Waals surface area contributed by atoms with E-state index in [1.165, 1.54) is 19.0 Å². The molecule has 3 rings (SSSR count). The molecule has 2 N–H and O–H groups in total. The van der Waals surface area contributed by atoms with Crippen molar-refractivity contribution in [1.29, 1.82) is 0 Å². The summed E-state index contributed by atoms with van der Waals surface area (Å²) in [6.45, 7) is 0.306. The highest BCUT2D eigenvalue weighted by Crippen LogP contribution is 2.39. The first-order valence-electron chi connectivity index (χ1n) is 10.3. The molecule has 1 atom stereocenters. The number of halogens is 5. The van der Waals surface area contributed by atoms with Gasteiger partial charge in [0.15, 0.2) is 5.82 Å². The second-order valence-electron chi connectivity index (χ2n) is 7.95. The van der Waals surface area contributed by atoms with Gasteiger partial charge in [0, 0.05) is 33.2 Å². The number of hydrogen-bond acceptors (Lipinski definition) is 3. The number of rotatable bonds is 5. The van der Waals surface area contributed by atoms with Crippen molar-refractivity contribution in [3.05, 3.63) is 52.6 Å². The van der Waals surface area contributed by atoms with Crippen LogP contribution in [0, 0.1) is 23.3 Å².